The zero-order valence-electron chi connectivity index (χ0n) is 9.39. The van der Waals surface area contributed by atoms with Gasteiger partial charge in [0.05, 0.1) is 24.7 Å². The number of hydrogen-bond donors (Lipinski definition) is 1. The van der Waals surface area contributed by atoms with Crippen molar-refractivity contribution in [3.8, 4) is 6.07 Å². The van der Waals surface area contributed by atoms with E-state index in [4.69, 9.17) is 10.00 Å². The van der Waals surface area contributed by atoms with Crippen molar-refractivity contribution in [3.63, 3.8) is 0 Å². The lowest BCUT2D eigenvalue weighted by Crippen LogP contribution is -2.47. The molecule has 0 aromatic carbocycles. The maximum atomic E-state index is 8.81. The van der Waals surface area contributed by atoms with E-state index in [0.717, 1.165) is 32.7 Å². The zero-order valence-corrected chi connectivity index (χ0v) is 9.39. The van der Waals surface area contributed by atoms with Gasteiger partial charge in [-0.3, -0.25) is 0 Å². The summed E-state index contributed by atoms with van der Waals surface area (Å²) in [5.74, 6) is 0. The van der Waals surface area contributed by atoms with Gasteiger partial charge in [-0.15, -0.1) is 0 Å². The van der Waals surface area contributed by atoms with Crippen molar-refractivity contribution in [2.45, 2.75) is 27.2 Å². The van der Waals surface area contributed by atoms with Crippen LogP contribution in [0.25, 0.3) is 0 Å². The van der Waals surface area contributed by atoms with E-state index in [1.807, 2.05) is 13.8 Å². The molecule has 0 amide bonds. The molecule has 80 valence electrons. The fourth-order valence-electron chi connectivity index (χ4n) is 1.40. The van der Waals surface area contributed by atoms with E-state index in [0.29, 0.717) is 5.41 Å². The molecule has 0 bridgehead atoms. The summed E-state index contributed by atoms with van der Waals surface area (Å²) in [6, 6.07) is 2.30. The highest BCUT2D eigenvalue weighted by Gasteiger charge is 2.32. The van der Waals surface area contributed by atoms with E-state index >= 15 is 0 Å². The van der Waals surface area contributed by atoms with E-state index in [-0.39, 0.29) is 5.41 Å². The molecule has 1 aliphatic heterocycles. The van der Waals surface area contributed by atoms with Gasteiger partial charge in [0.15, 0.2) is 0 Å². The molecule has 1 aliphatic rings. The van der Waals surface area contributed by atoms with Crippen LogP contribution in [0.3, 0.4) is 0 Å². The molecule has 1 heterocycles. The highest BCUT2D eigenvalue weighted by Crippen LogP contribution is 2.25. The number of nitriles is 1. The van der Waals surface area contributed by atoms with Gasteiger partial charge in [-0.1, -0.05) is 6.92 Å². The minimum Gasteiger partial charge on any atom is -0.380 e. The summed E-state index contributed by atoms with van der Waals surface area (Å²) in [7, 11) is 0. The average Bonchev–Trinajstić information content (AvgIpc) is 2.10. The minimum atomic E-state index is -0.204. The van der Waals surface area contributed by atoms with Crippen LogP contribution in [0.15, 0.2) is 0 Å². The summed E-state index contributed by atoms with van der Waals surface area (Å²) in [5.41, 5.74) is 0.126. The molecule has 0 aromatic rings. The van der Waals surface area contributed by atoms with Crippen LogP contribution in [0, 0.1) is 22.2 Å². The number of nitrogens with one attached hydrogen (secondary N) is 1. The van der Waals surface area contributed by atoms with Gasteiger partial charge in [0, 0.05) is 12.0 Å². The van der Waals surface area contributed by atoms with Gasteiger partial charge in [-0.2, -0.15) is 5.26 Å². The largest absolute Gasteiger partial charge is 0.380 e. The predicted octanol–water partition coefficient (Wildman–Crippen LogP) is 1.55. The van der Waals surface area contributed by atoms with Crippen molar-refractivity contribution in [1.82, 2.24) is 5.32 Å². The monoisotopic (exact) mass is 196 g/mol. The molecule has 0 aromatic heterocycles. The molecule has 0 unspecified atom stereocenters. The second-order valence-corrected chi connectivity index (χ2v) is 5.23. The standard InChI is InChI=1S/C11H20N2O/c1-10(2,6-12)4-5-13-7-11(3)8-14-9-11/h13H,4-5,7-9H2,1-3H3. The lowest BCUT2D eigenvalue weighted by Gasteiger charge is -2.38. The second kappa shape index (κ2) is 4.29. The molecule has 14 heavy (non-hydrogen) atoms. The summed E-state index contributed by atoms with van der Waals surface area (Å²) >= 11 is 0. The molecule has 1 saturated heterocycles. The Morgan fingerprint density at radius 2 is 2.14 bits per heavy atom. The topological polar surface area (TPSA) is 45.0 Å². The van der Waals surface area contributed by atoms with Crippen molar-refractivity contribution < 1.29 is 4.74 Å². The third kappa shape index (κ3) is 3.28. The van der Waals surface area contributed by atoms with Crippen LogP contribution in [-0.2, 0) is 4.74 Å². The highest BCUT2D eigenvalue weighted by molar-refractivity contribution is 4.92. The van der Waals surface area contributed by atoms with Crippen LogP contribution in [0.4, 0.5) is 0 Å². The molecule has 0 atom stereocenters. The first-order chi connectivity index (χ1) is 6.47. The Morgan fingerprint density at radius 3 is 2.57 bits per heavy atom. The molecule has 0 aliphatic carbocycles. The van der Waals surface area contributed by atoms with Crippen LogP contribution in [0.2, 0.25) is 0 Å². The van der Waals surface area contributed by atoms with Crippen molar-refractivity contribution in [2.75, 3.05) is 26.3 Å². The van der Waals surface area contributed by atoms with Gasteiger partial charge in [0.2, 0.25) is 0 Å². The fraction of sp³-hybridized carbons (Fsp3) is 0.909. The van der Waals surface area contributed by atoms with Crippen molar-refractivity contribution in [2.24, 2.45) is 10.8 Å². The van der Waals surface area contributed by atoms with Gasteiger partial charge >= 0.3 is 0 Å². The number of ether oxygens (including phenoxy) is 1. The second-order valence-electron chi connectivity index (χ2n) is 5.23. The summed E-state index contributed by atoms with van der Waals surface area (Å²) < 4.78 is 5.16. The van der Waals surface area contributed by atoms with E-state index in [1.54, 1.807) is 0 Å². The Kier molecular flexibility index (Phi) is 3.52. The van der Waals surface area contributed by atoms with Crippen LogP contribution in [-0.4, -0.2) is 26.3 Å². The quantitative estimate of drug-likeness (QED) is 0.679. The molecule has 0 spiro atoms. The van der Waals surface area contributed by atoms with E-state index in [9.17, 15) is 0 Å². The summed E-state index contributed by atoms with van der Waals surface area (Å²) in [6.45, 7) is 9.80. The third-order valence-corrected chi connectivity index (χ3v) is 2.68. The normalized spacial score (nSPS) is 19.9. The summed E-state index contributed by atoms with van der Waals surface area (Å²) in [6.07, 6.45) is 0.903. The Hall–Kier alpha value is -0.590. The number of nitrogens with zero attached hydrogens (tertiary/aromatic N) is 1. The highest BCUT2D eigenvalue weighted by atomic mass is 16.5. The maximum absolute atomic E-state index is 8.81. The predicted molar refractivity (Wildman–Crippen MR) is 55.8 cm³/mol. The molecule has 1 N–H and O–H groups in total. The van der Waals surface area contributed by atoms with E-state index in [2.05, 4.69) is 18.3 Å². The summed E-state index contributed by atoms with van der Waals surface area (Å²) in [4.78, 5) is 0. The Labute approximate surface area is 86.4 Å². The first kappa shape index (κ1) is 11.5. The minimum absolute atomic E-state index is 0.204. The van der Waals surface area contributed by atoms with Crippen LogP contribution >= 0.6 is 0 Å². The molecule has 1 rings (SSSR count). The number of hydrogen-bond acceptors (Lipinski definition) is 3. The lowest BCUT2D eigenvalue weighted by atomic mass is 9.88. The fourth-order valence-corrected chi connectivity index (χ4v) is 1.40. The maximum Gasteiger partial charge on any atom is 0.0684 e. The lowest BCUT2D eigenvalue weighted by molar-refractivity contribution is -0.0990. The van der Waals surface area contributed by atoms with Crippen LogP contribution in [0.1, 0.15) is 27.2 Å². The molecule has 1 fully saturated rings. The Bertz CT molecular complexity index is 226. The third-order valence-electron chi connectivity index (χ3n) is 2.68. The number of rotatable bonds is 5. The molecule has 0 radical (unpaired) electrons. The smallest absolute Gasteiger partial charge is 0.0684 e. The van der Waals surface area contributed by atoms with Gasteiger partial charge in [0.1, 0.15) is 0 Å². The zero-order chi connectivity index (χ0) is 10.7. The average molecular weight is 196 g/mol. The molecule has 3 nitrogen and oxygen atoms in total. The molecule has 3 heteroatoms. The van der Waals surface area contributed by atoms with E-state index in [1.165, 1.54) is 0 Å². The first-order valence-corrected chi connectivity index (χ1v) is 5.17. The molecular formula is C11H20N2O. The van der Waals surface area contributed by atoms with Crippen molar-refractivity contribution in [1.29, 1.82) is 5.26 Å². The van der Waals surface area contributed by atoms with Gasteiger partial charge in [0.25, 0.3) is 0 Å². The van der Waals surface area contributed by atoms with Crippen LogP contribution in [0.5, 0.6) is 0 Å². The van der Waals surface area contributed by atoms with Gasteiger partial charge < -0.3 is 10.1 Å². The van der Waals surface area contributed by atoms with Crippen molar-refractivity contribution >= 4 is 0 Å². The Balaban J connectivity index is 2.08. The summed E-state index contributed by atoms with van der Waals surface area (Å²) in [5, 5.41) is 12.2. The first-order valence-electron chi connectivity index (χ1n) is 5.17. The van der Waals surface area contributed by atoms with Gasteiger partial charge in [-0.05, 0) is 26.8 Å². The van der Waals surface area contributed by atoms with Crippen LogP contribution < -0.4 is 5.32 Å². The van der Waals surface area contributed by atoms with Crippen molar-refractivity contribution in [3.05, 3.63) is 0 Å². The van der Waals surface area contributed by atoms with Gasteiger partial charge in [-0.25, -0.2) is 0 Å². The molecule has 0 saturated carbocycles. The van der Waals surface area contributed by atoms with E-state index < -0.39 is 0 Å². The molecular weight excluding hydrogens is 176 g/mol. The SMILES string of the molecule is CC(C)(C#N)CCNCC1(C)COC1. The Morgan fingerprint density at radius 1 is 1.50 bits per heavy atom.